The lowest BCUT2D eigenvalue weighted by Gasteiger charge is -2.58. The van der Waals surface area contributed by atoms with E-state index in [0.29, 0.717) is 12.5 Å². The molecule has 2 saturated heterocycles. The quantitative estimate of drug-likeness (QED) is 0.583. The van der Waals surface area contributed by atoms with Crippen molar-refractivity contribution in [2.24, 2.45) is 5.92 Å². The lowest BCUT2D eigenvalue weighted by atomic mass is 9.71. The third-order valence-corrected chi connectivity index (χ3v) is 3.54. The summed E-state index contributed by atoms with van der Waals surface area (Å²) in [4.78, 5) is 12.5. The van der Waals surface area contributed by atoms with Gasteiger partial charge in [0.1, 0.15) is 0 Å². The van der Waals surface area contributed by atoms with Crippen molar-refractivity contribution in [2.75, 3.05) is 19.6 Å². The summed E-state index contributed by atoms with van der Waals surface area (Å²) in [5, 5.41) is 12.3. The van der Waals surface area contributed by atoms with Crippen LogP contribution in [0.2, 0.25) is 0 Å². The number of hydrogen-bond acceptors (Lipinski definition) is 2. The molecule has 2 aliphatic rings. The van der Waals surface area contributed by atoms with Crippen molar-refractivity contribution in [3.05, 3.63) is 0 Å². The van der Waals surface area contributed by atoms with Crippen LogP contribution in [0.25, 0.3) is 0 Å². The summed E-state index contributed by atoms with van der Waals surface area (Å²) < 4.78 is 0. The molecule has 4 heteroatoms. The minimum atomic E-state index is -0.762. The Hall–Kier alpha value is -0.770. The highest BCUT2D eigenvalue weighted by molar-refractivity contribution is 5.68. The van der Waals surface area contributed by atoms with E-state index in [0.717, 1.165) is 25.9 Å². The zero-order valence-corrected chi connectivity index (χ0v) is 7.92. The van der Waals surface area contributed by atoms with Crippen molar-refractivity contribution in [3.63, 3.8) is 0 Å². The van der Waals surface area contributed by atoms with Gasteiger partial charge in [0.2, 0.25) is 0 Å². The number of likely N-dealkylation sites (tertiary alicyclic amines) is 1. The standard InChI is InChI=1S/C9H16N2O2/c1-7-5-11(8(12)13)9(7)3-2-4-10-6-9/h7,10H,2-6H2,1H3,(H,12,13). The van der Waals surface area contributed by atoms with Crippen molar-refractivity contribution < 1.29 is 9.90 Å². The highest BCUT2D eigenvalue weighted by atomic mass is 16.4. The van der Waals surface area contributed by atoms with Crippen molar-refractivity contribution >= 4 is 6.09 Å². The fourth-order valence-electron chi connectivity index (χ4n) is 2.61. The SMILES string of the molecule is CC1CN(C(=O)O)C12CCCNC2. The van der Waals surface area contributed by atoms with Crippen molar-refractivity contribution in [1.82, 2.24) is 10.2 Å². The normalized spacial score (nSPS) is 38.8. The predicted octanol–water partition coefficient (Wildman–Crippen LogP) is 0.738. The smallest absolute Gasteiger partial charge is 0.407 e. The van der Waals surface area contributed by atoms with Crippen LogP contribution in [-0.4, -0.2) is 41.3 Å². The number of nitrogens with one attached hydrogen (secondary N) is 1. The van der Waals surface area contributed by atoms with E-state index >= 15 is 0 Å². The molecule has 4 nitrogen and oxygen atoms in total. The summed E-state index contributed by atoms with van der Waals surface area (Å²) in [5.41, 5.74) is -0.0793. The first-order valence-electron chi connectivity index (χ1n) is 4.88. The molecule has 2 aliphatic heterocycles. The molecule has 0 aromatic rings. The molecule has 2 N–H and O–H groups in total. The van der Waals surface area contributed by atoms with E-state index in [9.17, 15) is 4.79 Å². The lowest BCUT2D eigenvalue weighted by Crippen LogP contribution is -2.72. The zero-order valence-electron chi connectivity index (χ0n) is 7.92. The van der Waals surface area contributed by atoms with Gasteiger partial charge in [-0.15, -0.1) is 0 Å². The molecule has 0 aromatic heterocycles. The second-order valence-corrected chi connectivity index (χ2v) is 4.18. The molecular weight excluding hydrogens is 168 g/mol. The van der Waals surface area contributed by atoms with Crippen LogP contribution in [0, 0.1) is 5.92 Å². The molecule has 0 radical (unpaired) electrons. The molecule has 1 spiro atoms. The van der Waals surface area contributed by atoms with E-state index in [1.807, 2.05) is 0 Å². The van der Waals surface area contributed by atoms with Gasteiger partial charge in [-0.1, -0.05) is 6.92 Å². The number of nitrogens with zero attached hydrogens (tertiary/aromatic N) is 1. The van der Waals surface area contributed by atoms with Gasteiger partial charge in [-0.25, -0.2) is 4.79 Å². The third-order valence-electron chi connectivity index (χ3n) is 3.54. The van der Waals surface area contributed by atoms with Crippen LogP contribution in [-0.2, 0) is 0 Å². The van der Waals surface area contributed by atoms with Crippen LogP contribution in [0.15, 0.2) is 0 Å². The molecule has 0 bridgehead atoms. The highest BCUT2D eigenvalue weighted by Gasteiger charge is 2.53. The molecule has 1 amide bonds. The highest BCUT2D eigenvalue weighted by Crippen LogP contribution is 2.40. The van der Waals surface area contributed by atoms with Gasteiger partial charge in [0.05, 0.1) is 5.54 Å². The van der Waals surface area contributed by atoms with Crippen LogP contribution in [0.4, 0.5) is 4.79 Å². The van der Waals surface area contributed by atoms with Crippen LogP contribution in [0.3, 0.4) is 0 Å². The third kappa shape index (κ3) is 1.12. The van der Waals surface area contributed by atoms with Gasteiger partial charge >= 0.3 is 6.09 Å². The topological polar surface area (TPSA) is 52.6 Å². The summed E-state index contributed by atoms with van der Waals surface area (Å²) in [6.07, 6.45) is 1.35. The Kier molecular flexibility index (Phi) is 1.95. The number of rotatable bonds is 0. The number of amides is 1. The Labute approximate surface area is 77.9 Å². The molecule has 0 aromatic carbocycles. The van der Waals surface area contributed by atoms with E-state index in [4.69, 9.17) is 5.11 Å². The molecule has 13 heavy (non-hydrogen) atoms. The van der Waals surface area contributed by atoms with Crippen LogP contribution in [0.1, 0.15) is 19.8 Å². The molecule has 2 heterocycles. The molecule has 2 rings (SSSR count). The van der Waals surface area contributed by atoms with Crippen molar-refractivity contribution in [2.45, 2.75) is 25.3 Å². The van der Waals surface area contributed by atoms with Gasteiger partial charge in [-0.3, -0.25) is 0 Å². The first-order valence-corrected chi connectivity index (χ1v) is 4.88. The van der Waals surface area contributed by atoms with Crippen LogP contribution in [0.5, 0.6) is 0 Å². The minimum Gasteiger partial charge on any atom is -0.465 e. The van der Waals surface area contributed by atoms with Gasteiger partial charge in [0, 0.05) is 13.1 Å². The monoisotopic (exact) mass is 184 g/mol. The number of hydrogen-bond donors (Lipinski definition) is 2. The fourth-order valence-corrected chi connectivity index (χ4v) is 2.61. The van der Waals surface area contributed by atoms with E-state index in [1.165, 1.54) is 0 Å². The fraction of sp³-hybridized carbons (Fsp3) is 0.889. The van der Waals surface area contributed by atoms with Crippen LogP contribution >= 0.6 is 0 Å². The van der Waals surface area contributed by atoms with Crippen molar-refractivity contribution in [3.8, 4) is 0 Å². The summed E-state index contributed by atoms with van der Waals surface area (Å²) in [7, 11) is 0. The molecule has 2 atom stereocenters. The Morgan fingerprint density at radius 2 is 2.46 bits per heavy atom. The van der Waals surface area contributed by atoms with Gasteiger partial charge in [-0.2, -0.15) is 0 Å². The lowest BCUT2D eigenvalue weighted by molar-refractivity contribution is -0.0661. The summed E-state index contributed by atoms with van der Waals surface area (Å²) >= 11 is 0. The summed E-state index contributed by atoms with van der Waals surface area (Å²) in [6.45, 7) is 4.71. The summed E-state index contributed by atoms with van der Waals surface area (Å²) in [6, 6.07) is 0. The molecule has 2 fully saturated rings. The maximum atomic E-state index is 10.9. The van der Waals surface area contributed by atoms with Gasteiger partial charge in [-0.05, 0) is 25.3 Å². The Bertz CT molecular complexity index is 224. The second-order valence-electron chi connectivity index (χ2n) is 4.18. The molecular formula is C9H16N2O2. The predicted molar refractivity (Wildman–Crippen MR) is 48.7 cm³/mol. The largest absolute Gasteiger partial charge is 0.465 e. The van der Waals surface area contributed by atoms with E-state index in [2.05, 4.69) is 12.2 Å². The number of piperidine rings is 1. The molecule has 0 saturated carbocycles. The Morgan fingerprint density at radius 1 is 1.69 bits per heavy atom. The summed E-state index contributed by atoms with van der Waals surface area (Å²) in [5.74, 6) is 0.511. The molecule has 2 unspecified atom stereocenters. The second kappa shape index (κ2) is 2.87. The minimum absolute atomic E-state index is 0.0793. The average Bonchev–Trinajstić information content (AvgIpc) is 2.15. The van der Waals surface area contributed by atoms with Crippen LogP contribution < -0.4 is 5.32 Å². The first-order chi connectivity index (χ1) is 6.17. The van der Waals surface area contributed by atoms with E-state index in [1.54, 1.807) is 4.90 Å². The first kappa shape index (κ1) is 8.81. The maximum absolute atomic E-state index is 10.9. The maximum Gasteiger partial charge on any atom is 0.407 e. The Balaban J connectivity index is 2.12. The zero-order chi connectivity index (χ0) is 9.47. The molecule has 74 valence electrons. The van der Waals surface area contributed by atoms with Gasteiger partial charge < -0.3 is 15.3 Å². The van der Waals surface area contributed by atoms with Crippen molar-refractivity contribution in [1.29, 1.82) is 0 Å². The Morgan fingerprint density at radius 3 is 2.92 bits per heavy atom. The number of carboxylic acid groups (broad SMARTS) is 1. The van der Waals surface area contributed by atoms with E-state index < -0.39 is 6.09 Å². The van der Waals surface area contributed by atoms with Gasteiger partial charge in [0.15, 0.2) is 0 Å². The van der Waals surface area contributed by atoms with Gasteiger partial charge in [0.25, 0.3) is 0 Å². The van der Waals surface area contributed by atoms with E-state index in [-0.39, 0.29) is 5.54 Å². The number of carbonyl (C=O) groups is 1. The average molecular weight is 184 g/mol. The molecule has 0 aliphatic carbocycles.